The summed E-state index contributed by atoms with van der Waals surface area (Å²) < 4.78 is 6.03. The summed E-state index contributed by atoms with van der Waals surface area (Å²) in [5.41, 5.74) is 0.932. The molecule has 0 aliphatic rings. The van der Waals surface area contributed by atoms with E-state index in [-0.39, 0.29) is 5.92 Å². The number of hydrogen-bond donors (Lipinski definition) is 1. The Hall–Kier alpha value is -0.540. The maximum absolute atomic E-state index is 10.2. The predicted octanol–water partition coefficient (Wildman–Crippen LogP) is 3.93. The first-order valence-electron chi connectivity index (χ1n) is 5.61. The lowest BCUT2D eigenvalue weighted by molar-refractivity contribution is 0.111. The van der Waals surface area contributed by atoms with Gasteiger partial charge in [0.15, 0.2) is 0 Å². The molecule has 3 heteroatoms. The molecule has 1 aromatic carbocycles. The Morgan fingerprint density at radius 2 is 2.12 bits per heavy atom. The third kappa shape index (κ3) is 3.22. The van der Waals surface area contributed by atoms with Crippen LogP contribution in [0.2, 0.25) is 0 Å². The van der Waals surface area contributed by atoms with Gasteiger partial charge in [-0.3, -0.25) is 0 Å². The van der Waals surface area contributed by atoms with Gasteiger partial charge in [-0.05, 0) is 30.0 Å². The fourth-order valence-corrected chi connectivity index (χ4v) is 2.39. The Bertz CT molecular complexity index is 339. The van der Waals surface area contributed by atoms with Crippen molar-refractivity contribution >= 4 is 15.9 Å². The third-order valence-electron chi connectivity index (χ3n) is 2.81. The van der Waals surface area contributed by atoms with E-state index in [9.17, 15) is 5.11 Å². The summed E-state index contributed by atoms with van der Waals surface area (Å²) in [6, 6.07) is 5.68. The number of aliphatic hydroxyl groups is 1. The molecule has 2 atom stereocenters. The number of methoxy groups -OCH3 is 1. The van der Waals surface area contributed by atoms with E-state index < -0.39 is 6.10 Å². The summed E-state index contributed by atoms with van der Waals surface area (Å²) in [5, 5.41) is 10.2. The molecule has 90 valence electrons. The van der Waals surface area contributed by atoms with Crippen molar-refractivity contribution in [1.29, 1.82) is 0 Å². The molecule has 0 radical (unpaired) electrons. The van der Waals surface area contributed by atoms with Gasteiger partial charge in [0, 0.05) is 4.47 Å². The van der Waals surface area contributed by atoms with E-state index in [0.29, 0.717) is 0 Å². The lowest BCUT2D eigenvalue weighted by Crippen LogP contribution is -2.09. The van der Waals surface area contributed by atoms with Gasteiger partial charge >= 0.3 is 0 Å². The molecule has 0 aromatic heterocycles. The number of benzene rings is 1. The van der Waals surface area contributed by atoms with Crippen LogP contribution in [0.15, 0.2) is 22.7 Å². The Labute approximate surface area is 106 Å². The number of aliphatic hydroxyl groups excluding tert-OH is 1. The topological polar surface area (TPSA) is 29.5 Å². The number of hydrogen-bond acceptors (Lipinski definition) is 2. The van der Waals surface area contributed by atoms with Crippen LogP contribution in [0.1, 0.15) is 38.4 Å². The zero-order valence-corrected chi connectivity index (χ0v) is 11.6. The molecule has 0 fully saturated rings. The summed E-state index contributed by atoms with van der Waals surface area (Å²) in [7, 11) is 1.64. The first kappa shape index (κ1) is 13.5. The molecule has 1 N–H and O–H groups in total. The molecule has 2 nitrogen and oxygen atoms in total. The van der Waals surface area contributed by atoms with Gasteiger partial charge in [-0.1, -0.05) is 42.3 Å². The summed E-state index contributed by atoms with van der Waals surface area (Å²) in [6.07, 6.45) is 1.70. The lowest BCUT2D eigenvalue weighted by atomic mass is 9.94. The van der Waals surface area contributed by atoms with Crippen LogP contribution in [0.5, 0.6) is 5.75 Å². The minimum Gasteiger partial charge on any atom is -0.497 e. The highest BCUT2D eigenvalue weighted by atomic mass is 79.9. The molecule has 1 aromatic rings. The van der Waals surface area contributed by atoms with Gasteiger partial charge in [0.2, 0.25) is 0 Å². The van der Waals surface area contributed by atoms with Gasteiger partial charge in [0.25, 0.3) is 0 Å². The van der Waals surface area contributed by atoms with Crippen molar-refractivity contribution in [2.24, 2.45) is 5.92 Å². The van der Waals surface area contributed by atoms with Crippen molar-refractivity contribution in [2.45, 2.75) is 32.8 Å². The SMILES string of the molecule is CCCC(C)C(O)c1ccc(OC)cc1Br. The summed E-state index contributed by atoms with van der Waals surface area (Å²) in [5.74, 6) is 1.07. The predicted molar refractivity (Wildman–Crippen MR) is 69.7 cm³/mol. The van der Waals surface area contributed by atoms with Crippen molar-refractivity contribution in [1.82, 2.24) is 0 Å². The summed E-state index contributed by atoms with van der Waals surface area (Å²) >= 11 is 3.47. The molecule has 0 saturated carbocycles. The van der Waals surface area contributed by atoms with Gasteiger partial charge in [0.1, 0.15) is 5.75 Å². The zero-order chi connectivity index (χ0) is 12.1. The molecule has 0 aliphatic carbocycles. The normalized spacial score (nSPS) is 14.6. The smallest absolute Gasteiger partial charge is 0.120 e. The number of ether oxygens (including phenoxy) is 1. The van der Waals surface area contributed by atoms with Crippen molar-refractivity contribution in [3.63, 3.8) is 0 Å². The molecular formula is C13H19BrO2. The van der Waals surface area contributed by atoms with Crippen LogP contribution < -0.4 is 4.74 Å². The van der Waals surface area contributed by atoms with E-state index in [1.165, 1.54) is 0 Å². The van der Waals surface area contributed by atoms with Gasteiger partial charge < -0.3 is 9.84 Å². The molecule has 2 unspecified atom stereocenters. The number of halogens is 1. The lowest BCUT2D eigenvalue weighted by Gasteiger charge is -2.20. The first-order valence-corrected chi connectivity index (χ1v) is 6.41. The molecule has 0 bridgehead atoms. The third-order valence-corrected chi connectivity index (χ3v) is 3.50. The van der Waals surface area contributed by atoms with Crippen LogP contribution >= 0.6 is 15.9 Å². The van der Waals surface area contributed by atoms with Crippen LogP contribution in [-0.2, 0) is 0 Å². The van der Waals surface area contributed by atoms with Gasteiger partial charge in [-0.2, -0.15) is 0 Å². The van der Waals surface area contributed by atoms with Gasteiger partial charge in [-0.25, -0.2) is 0 Å². The fourth-order valence-electron chi connectivity index (χ4n) is 1.79. The van der Waals surface area contributed by atoms with Crippen LogP contribution in [0.25, 0.3) is 0 Å². The highest BCUT2D eigenvalue weighted by Crippen LogP contribution is 2.32. The van der Waals surface area contributed by atoms with Gasteiger partial charge in [0.05, 0.1) is 13.2 Å². The van der Waals surface area contributed by atoms with Crippen LogP contribution in [0.4, 0.5) is 0 Å². The van der Waals surface area contributed by atoms with Crippen molar-refractivity contribution in [2.75, 3.05) is 7.11 Å². The highest BCUT2D eigenvalue weighted by molar-refractivity contribution is 9.10. The zero-order valence-electron chi connectivity index (χ0n) is 10.0. The highest BCUT2D eigenvalue weighted by Gasteiger charge is 2.18. The average Bonchev–Trinajstić information content (AvgIpc) is 2.28. The fraction of sp³-hybridized carbons (Fsp3) is 0.538. The van der Waals surface area contributed by atoms with Crippen LogP contribution in [0, 0.1) is 5.92 Å². The minimum absolute atomic E-state index is 0.273. The molecule has 0 heterocycles. The summed E-state index contributed by atoms with van der Waals surface area (Å²) in [6.45, 7) is 4.21. The van der Waals surface area contributed by atoms with Gasteiger partial charge in [-0.15, -0.1) is 0 Å². The standard InChI is InChI=1S/C13H19BrO2/c1-4-5-9(2)13(15)11-7-6-10(16-3)8-12(11)14/h6-9,13,15H,4-5H2,1-3H3. The van der Waals surface area contributed by atoms with Crippen LogP contribution in [-0.4, -0.2) is 12.2 Å². The van der Waals surface area contributed by atoms with Crippen molar-refractivity contribution in [3.05, 3.63) is 28.2 Å². The Morgan fingerprint density at radius 1 is 1.44 bits per heavy atom. The second kappa shape index (κ2) is 6.26. The van der Waals surface area contributed by atoms with E-state index in [1.54, 1.807) is 7.11 Å². The van der Waals surface area contributed by atoms with E-state index in [1.807, 2.05) is 18.2 Å². The minimum atomic E-state index is -0.416. The Morgan fingerprint density at radius 3 is 2.62 bits per heavy atom. The second-order valence-corrected chi connectivity index (χ2v) is 4.95. The molecule has 0 spiro atoms. The number of rotatable bonds is 5. The quantitative estimate of drug-likeness (QED) is 0.889. The largest absolute Gasteiger partial charge is 0.497 e. The summed E-state index contributed by atoms with van der Waals surface area (Å²) in [4.78, 5) is 0. The molecule has 1 rings (SSSR count). The molecule has 0 saturated heterocycles. The molecule has 16 heavy (non-hydrogen) atoms. The molecule has 0 aliphatic heterocycles. The second-order valence-electron chi connectivity index (χ2n) is 4.10. The monoisotopic (exact) mass is 286 g/mol. The van der Waals surface area contributed by atoms with Crippen molar-refractivity contribution < 1.29 is 9.84 Å². The van der Waals surface area contributed by atoms with Crippen LogP contribution in [0.3, 0.4) is 0 Å². The maximum Gasteiger partial charge on any atom is 0.120 e. The Kier molecular flexibility index (Phi) is 5.29. The van der Waals surface area contributed by atoms with Crippen molar-refractivity contribution in [3.8, 4) is 5.75 Å². The molecule has 0 amide bonds. The van der Waals surface area contributed by atoms with E-state index in [4.69, 9.17) is 4.74 Å². The first-order chi connectivity index (χ1) is 7.60. The van der Waals surface area contributed by atoms with E-state index in [2.05, 4.69) is 29.8 Å². The van der Waals surface area contributed by atoms with E-state index >= 15 is 0 Å². The molecular weight excluding hydrogens is 268 g/mol. The Balaban J connectivity index is 2.87. The average molecular weight is 287 g/mol. The van der Waals surface area contributed by atoms with E-state index in [0.717, 1.165) is 28.6 Å². The maximum atomic E-state index is 10.2.